The van der Waals surface area contributed by atoms with Crippen LogP contribution in [0, 0.1) is 0 Å². The summed E-state index contributed by atoms with van der Waals surface area (Å²) in [6, 6.07) is 0. The van der Waals surface area contributed by atoms with Crippen LogP contribution in [0.1, 0.15) is 25.7 Å². The van der Waals surface area contributed by atoms with Crippen LogP contribution >= 0.6 is 11.6 Å². The molecule has 10 heteroatoms. The minimum Gasteiger partial charge on any atom is -0.481 e. The van der Waals surface area contributed by atoms with Crippen molar-refractivity contribution in [2.75, 3.05) is 5.88 Å². The Kier molecular flexibility index (Phi) is 12.0. The highest BCUT2D eigenvalue weighted by Gasteiger charge is 2.13. The molecule has 0 aromatic heterocycles. The number of alkyl halides is 1. The van der Waals surface area contributed by atoms with E-state index in [0.717, 1.165) is 0 Å². The normalized spacial score (nSPS) is 8.85. The number of carboxylic acid groups (broad SMARTS) is 3. The molecular weight excluding hydrogens is 300 g/mol. The van der Waals surface area contributed by atoms with Crippen molar-refractivity contribution in [1.82, 2.24) is 0 Å². The van der Waals surface area contributed by atoms with Gasteiger partial charge in [0, 0.05) is 0 Å². The van der Waals surface area contributed by atoms with Crippen LogP contribution in [0.2, 0.25) is 0 Å². The van der Waals surface area contributed by atoms with E-state index in [1.54, 1.807) is 0 Å². The van der Waals surface area contributed by atoms with Crippen LogP contribution in [0.15, 0.2) is 0 Å². The van der Waals surface area contributed by atoms with E-state index >= 15 is 0 Å². The van der Waals surface area contributed by atoms with Crippen LogP contribution in [0.5, 0.6) is 0 Å². The van der Waals surface area contributed by atoms with Crippen LogP contribution < -0.4 is 0 Å². The molecule has 0 aliphatic heterocycles. The first-order valence-corrected chi connectivity index (χ1v) is 5.67. The lowest BCUT2D eigenvalue weighted by Crippen LogP contribution is -2.14. The topological polar surface area (TPSA) is 155 Å². The molecule has 0 unspecified atom stereocenters. The number of ether oxygens (including phenoxy) is 1. The van der Waals surface area contributed by atoms with Gasteiger partial charge in [-0.1, -0.05) is 0 Å². The maximum Gasteiger partial charge on any atom is 0.318 e. The first-order chi connectivity index (χ1) is 9.18. The summed E-state index contributed by atoms with van der Waals surface area (Å²) < 4.78 is 4.15. The smallest absolute Gasteiger partial charge is 0.318 e. The zero-order valence-electron chi connectivity index (χ0n) is 10.2. The molecule has 0 saturated carbocycles. The Labute approximate surface area is 118 Å². The molecule has 0 aliphatic carbocycles. The molecule has 0 heterocycles. The van der Waals surface area contributed by atoms with Crippen LogP contribution in [0.3, 0.4) is 0 Å². The van der Waals surface area contributed by atoms with Gasteiger partial charge < -0.3 is 20.1 Å². The maximum atomic E-state index is 10.7. The van der Waals surface area contributed by atoms with Gasteiger partial charge in [-0.25, -0.2) is 0 Å². The molecule has 0 fully saturated rings. The van der Waals surface area contributed by atoms with Gasteiger partial charge in [0.1, 0.15) is 5.88 Å². The Morgan fingerprint density at radius 1 is 0.700 bits per heavy atom. The molecule has 0 atom stereocenters. The molecule has 0 radical (unpaired) electrons. The summed E-state index contributed by atoms with van der Waals surface area (Å²) in [6.45, 7) is 0. The van der Waals surface area contributed by atoms with Crippen LogP contribution in [0.4, 0.5) is 0 Å². The van der Waals surface area contributed by atoms with Crippen molar-refractivity contribution in [3.05, 3.63) is 0 Å². The predicted molar refractivity (Wildman–Crippen MR) is 63.2 cm³/mol. The molecule has 0 rings (SSSR count). The first-order valence-electron chi connectivity index (χ1n) is 5.13. The van der Waals surface area contributed by atoms with Crippen molar-refractivity contribution < 1.29 is 44.0 Å². The summed E-state index contributed by atoms with van der Waals surface area (Å²) in [6.07, 6.45) is -1.67. The fraction of sp³-hybridized carbons (Fsp3) is 0.500. The largest absolute Gasteiger partial charge is 0.481 e. The predicted octanol–water partition coefficient (Wildman–Crippen LogP) is 0.0956. The number of aliphatic carboxylic acids is 3. The third-order valence-corrected chi connectivity index (χ3v) is 1.66. The van der Waals surface area contributed by atoms with Gasteiger partial charge in [0.15, 0.2) is 0 Å². The maximum absolute atomic E-state index is 10.7. The number of carbonyl (C=O) groups excluding carboxylic acids is 2. The highest BCUT2D eigenvalue weighted by molar-refractivity contribution is 6.26. The molecule has 20 heavy (non-hydrogen) atoms. The second-order valence-electron chi connectivity index (χ2n) is 3.16. The summed E-state index contributed by atoms with van der Waals surface area (Å²) in [4.78, 5) is 50.8. The SMILES string of the molecule is O=C(O)CCC(=O)OC(=O)CCC(=O)O.O=C(O)CCl. The Bertz CT molecular complexity index is 349. The zero-order chi connectivity index (χ0) is 16.1. The summed E-state index contributed by atoms with van der Waals surface area (Å²) in [7, 11) is 0. The number of halogens is 1. The molecule has 0 saturated heterocycles. The number of rotatable bonds is 7. The molecule has 3 N–H and O–H groups in total. The second kappa shape index (κ2) is 11.9. The minimum atomic E-state index is -1.18. The van der Waals surface area contributed by atoms with E-state index in [9.17, 15) is 24.0 Å². The van der Waals surface area contributed by atoms with Crippen molar-refractivity contribution in [3.8, 4) is 0 Å². The van der Waals surface area contributed by atoms with Gasteiger partial charge in [-0.15, -0.1) is 11.6 Å². The highest BCUT2D eigenvalue weighted by Crippen LogP contribution is 1.97. The van der Waals surface area contributed by atoms with E-state index in [-0.39, 0.29) is 5.88 Å². The van der Waals surface area contributed by atoms with Crippen molar-refractivity contribution in [3.63, 3.8) is 0 Å². The molecule has 0 amide bonds. The lowest BCUT2D eigenvalue weighted by Gasteiger charge is -1.99. The third kappa shape index (κ3) is 18.2. The molecule has 114 valence electrons. The van der Waals surface area contributed by atoms with Crippen molar-refractivity contribution in [2.24, 2.45) is 0 Å². The highest BCUT2D eigenvalue weighted by atomic mass is 35.5. The van der Waals surface area contributed by atoms with Crippen LogP contribution in [0.25, 0.3) is 0 Å². The summed E-state index contributed by atoms with van der Waals surface area (Å²) in [5, 5.41) is 24.0. The van der Waals surface area contributed by atoms with Gasteiger partial charge in [-0.2, -0.15) is 0 Å². The molecule has 0 aromatic carbocycles. The molecule has 0 spiro atoms. The Morgan fingerprint density at radius 3 is 1.20 bits per heavy atom. The molecule has 0 aliphatic rings. The molecule has 0 aromatic rings. The van der Waals surface area contributed by atoms with E-state index < -0.39 is 55.5 Å². The van der Waals surface area contributed by atoms with Gasteiger partial charge in [0.25, 0.3) is 0 Å². The number of carbonyl (C=O) groups is 5. The van der Waals surface area contributed by atoms with Crippen LogP contribution in [-0.4, -0.2) is 51.0 Å². The summed E-state index contributed by atoms with van der Waals surface area (Å²) >= 11 is 4.74. The summed E-state index contributed by atoms with van der Waals surface area (Å²) in [5.74, 6) is -5.57. The minimum absolute atomic E-state index is 0.306. The number of carboxylic acids is 3. The Hall–Kier alpha value is -2.16. The van der Waals surface area contributed by atoms with Gasteiger partial charge in [-0.05, 0) is 0 Å². The number of hydrogen-bond acceptors (Lipinski definition) is 6. The standard InChI is InChI=1S/C8H10O7.C2H3ClO2/c9-5(10)1-3-7(13)15-8(14)4-2-6(11)12;3-1-2(4)5/h1-4H2,(H,9,10)(H,11,12);1H2,(H,4,5). The molecular formula is C10H13ClO9. The van der Waals surface area contributed by atoms with Gasteiger partial charge in [0.05, 0.1) is 25.7 Å². The first kappa shape index (κ1) is 20.2. The van der Waals surface area contributed by atoms with Crippen molar-refractivity contribution in [2.45, 2.75) is 25.7 Å². The van der Waals surface area contributed by atoms with Gasteiger partial charge in [0.2, 0.25) is 0 Å². The average molecular weight is 313 g/mol. The third-order valence-electron chi connectivity index (χ3n) is 1.43. The Balaban J connectivity index is 0. The summed E-state index contributed by atoms with van der Waals surface area (Å²) in [5.41, 5.74) is 0. The Morgan fingerprint density at radius 2 is 1.00 bits per heavy atom. The van der Waals surface area contributed by atoms with Gasteiger partial charge >= 0.3 is 29.8 Å². The van der Waals surface area contributed by atoms with Crippen molar-refractivity contribution in [1.29, 1.82) is 0 Å². The average Bonchev–Trinajstić information content (AvgIpc) is 2.34. The fourth-order valence-electron chi connectivity index (χ4n) is 0.647. The molecule has 0 bridgehead atoms. The van der Waals surface area contributed by atoms with E-state index in [2.05, 4.69) is 4.74 Å². The lowest BCUT2D eigenvalue weighted by molar-refractivity contribution is -0.162. The van der Waals surface area contributed by atoms with Crippen molar-refractivity contribution >= 4 is 41.4 Å². The number of esters is 2. The monoisotopic (exact) mass is 312 g/mol. The number of hydrogen-bond donors (Lipinski definition) is 3. The second-order valence-corrected chi connectivity index (χ2v) is 3.43. The zero-order valence-corrected chi connectivity index (χ0v) is 11.0. The fourth-order valence-corrected chi connectivity index (χ4v) is 0.647. The van der Waals surface area contributed by atoms with E-state index in [1.807, 2.05) is 0 Å². The van der Waals surface area contributed by atoms with E-state index in [1.165, 1.54) is 0 Å². The van der Waals surface area contributed by atoms with E-state index in [4.69, 9.17) is 26.9 Å². The quantitative estimate of drug-likeness (QED) is 0.337. The molecule has 9 nitrogen and oxygen atoms in total. The van der Waals surface area contributed by atoms with Crippen LogP contribution in [-0.2, 0) is 28.7 Å². The van der Waals surface area contributed by atoms with Gasteiger partial charge in [-0.3, -0.25) is 24.0 Å². The lowest BCUT2D eigenvalue weighted by atomic mass is 10.3. The van der Waals surface area contributed by atoms with E-state index in [0.29, 0.717) is 0 Å².